The van der Waals surface area contributed by atoms with Crippen molar-refractivity contribution in [1.29, 1.82) is 0 Å². The zero-order valence-electron chi connectivity index (χ0n) is 17.3. The third kappa shape index (κ3) is 6.12. The van der Waals surface area contributed by atoms with E-state index in [1.807, 2.05) is 20.8 Å². The van der Waals surface area contributed by atoms with Gasteiger partial charge in [0.05, 0.1) is 9.79 Å². The molecule has 3 unspecified atom stereocenters. The standard InChI is InChI=1S/C21H28O6S2/c1-6-17(4)21(27-29(24,25)20-13-9-16(3)10-14-20)18(5)26-28(22,23)19-11-7-15(2)8-12-19/h7-14,17-18,21H,6H2,1-5H3. The molecule has 0 saturated heterocycles. The second kappa shape index (κ2) is 9.38. The molecule has 0 N–H and O–H groups in total. The first kappa shape index (κ1) is 23.5. The van der Waals surface area contributed by atoms with E-state index in [0.29, 0.717) is 6.42 Å². The van der Waals surface area contributed by atoms with Gasteiger partial charge in [-0.25, -0.2) is 0 Å². The molecule has 2 aromatic carbocycles. The van der Waals surface area contributed by atoms with E-state index >= 15 is 0 Å². The number of aryl methyl sites for hydroxylation is 2. The maximum atomic E-state index is 12.7. The molecule has 0 fully saturated rings. The van der Waals surface area contributed by atoms with Crippen molar-refractivity contribution in [3.8, 4) is 0 Å². The first-order chi connectivity index (χ1) is 13.5. The second-order valence-electron chi connectivity index (χ2n) is 7.28. The molecule has 0 aromatic heterocycles. The zero-order valence-corrected chi connectivity index (χ0v) is 19.0. The Hall–Kier alpha value is -1.74. The largest absolute Gasteiger partial charge is 0.297 e. The van der Waals surface area contributed by atoms with Gasteiger partial charge in [0.25, 0.3) is 20.2 Å². The smallest absolute Gasteiger partial charge is 0.261 e. The van der Waals surface area contributed by atoms with Crippen molar-refractivity contribution in [2.24, 2.45) is 5.92 Å². The Morgan fingerprint density at radius 1 is 0.724 bits per heavy atom. The molecule has 160 valence electrons. The summed E-state index contributed by atoms with van der Waals surface area (Å²) in [7, 11) is -8.14. The molecule has 0 saturated carbocycles. The summed E-state index contributed by atoms with van der Waals surface area (Å²) < 4.78 is 61.5. The average Bonchev–Trinajstić information content (AvgIpc) is 2.65. The lowest BCUT2D eigenvalue weighted by molar-refractivity contribution is 0.0370. The van der Waals surface area contributed by atoms with E-state index in [9.17, 15) is 16.8 Å². The fourth-order valence-corrected chi connectivity index (χ4v) is 5.10. The molecule has 2 rings (SSSR count). The highest BCUT2D eigenvalue weighted by molar-refractivity contribution is 7.87. The first-order valence-electron chi connectivity index (χ1n) is 9.46. The van der Waals surface area contributed by atoms with Gasteiger partial charge >= 0.3 is 0 Å². The summed E-state index contributed by atoms with van der Waals surface area (Å²) in [4.78, 5) is 0.0317. The van der Waals surface area contributed by atoms with Crippen molar-refractivity contribution in [2.75, 3.05) is 0 Å². The molecule has 0 aliphatic carbocycles. The Kier molecular flexibility index (Phi) is 7.62. The van der Waals surface area contributed by atoms with Gasteiger partial charge in [0.2, 0.25) is 0 Å². The van der Waals surface area contributed by atoms with Crippen LogP contribution in [-0.4, -0.2) is 29.0 Å². The van der Waals surface area contributed by atoms with Gasteiger partial charge in [0, 0.05) is 0 Å². The monoisotopic (exact) mass is 440 g/mol. The van der Waals surface area contributed by atoms with Gasteiger partial charge in [-0.1, -0.05) is 55.7 Å². The van der Waals surface area contributed by atoms with E-state index in [2.05, 4.69) is 0 Å². The summed E-state index contributed by atoms with van der Waals surface area (Å²) in [6.07, 6.45) is -1.38. The van der Waals surface area contributed by atoms with E-state index in [-0.39, 0.29) is 15.7 Å². The van der Waals surface area contributed by atoms with Crippen LogP contribution in [0.1, 0.15) is 38.3 Å². The minimum atomic E-state index is -4.08. The van der Waals surface area contributed by atoms with Crippen LogP contribution < -0.4 is 0 Å². The van der Waals surface area contributed by atoms with Crippen molar-refractivity contribution in [1.82, 2.24) is 0 Å². The molecule has 2 aromatic rings. The molecule has 0 bridgehead atoms. The third-order valence-electron chi connectivity index (χ3n) is 4.80. The van der Waals surface area contributed by atoms with Crippen molar-refractivity contribution in [3.63, 3.8) is 0 Å². The van der Waals surface area contributed by atoms with Gasteiger partial charge < -0.3 is 0 Å². The molecule has 8 heteroatoms. The predicted molar refractivity (Wildman–Crippen MR) is 112 cm³/mol. The number of rotatable bonds is 9. The third-order valence-corrected chi connectivity index (χ3v) is 7.53. The average molecular weight is 441 g/mol. The summed E-state index contributed by atoms with van der Waals surface area (Å²) in [5.74, 6) is -0.251. The van der Waals surface area contributed by atoms with Crippen LogP contribution in [0.5, 0.6) is 0 Å². The number of hydrogen-bond acceptors (Lipinski definition) is 6. The van der Waals surface area contributed by atoms with E-state index in [4.69, 9.17) is 8.37 Å². The van der Waals surface area contributed by atoms with Gasteiger partial charge in [-0.05, 0) is 51.0 Å². The molecule has 0 amide bonds. The van der Waals surface area contributed by atoms with E-state index in [1.54, 1.807) is 31.2 Å². The molecule has 29 heavy (non-hydrogen) atoms. The predicted octanol–water partition coefficient (Wildman–Crippen LogP) is 4.22. The van der Waals surface area contributed by atoms with Crippen molar-refractivity contribution in [2.45, 2.75) is 63.0 Å². The van der Waals surface area contributed by atoms with Crippen LogP contribution in [0.15, 0.2) is 58.3 Å². The Morgan fingerprint density at radius 3 is 1.48 bits per heavy atom. The van der Waals surface area contributed by atoms with Crippen LogP contribution in [0.2, 0.25) is 0 Å². The van der Waals surface area contributed by atoms with Crippen molar-refractivity contribution < 1.29 is 25.2 Å². The van der Waals surface area contributed by atoms with Crippen molar-refractivity contribution in [3.05, 3.63) is 59.7 Å². The van der Waals surface area contributed by atoms with E-state index < -0.39 is 32.4 Å². The lowest BCUT2D eigenvalue weighted by Crippen LogP contribution is -2.38. The van der Waals surface area contributed by atoms with Crippen molar-refractivity contribution >= 4 is 20.2 Å². The Bertz CT molecular complexity index is 1010. The van der Waals surface area contributed by atoms with Crippen LogP contribution in [-0.2, 0) is 28.6 Å². The van der Waals surface area contributed by atoms with Crippen LogP contribution in [0, 0.1) is 19.8 Å². The summed E-state index contributed by atoms with van der Waals surface area (Å²) in [6, 6.07) is 12.5. The zero-order chi connectivity index (χ0) is 21.8. The van der Waals surface area contributed by atoms with Gasteiger partial charge in [-0.3, -0.25) is 8.37 Å². The summed E-state index contributed by atoms with van der Waals surface area (Å²) in [5, 5.41) is 0. The maximum absolute atomic E-state index is 12.7. The molecule has 0 radical (unpaired) electrons. The first-order valence-corrected chi connectivity index (χ1v) is 12.3. The highest BCUT2D eigenvalue weighted by atomic mass is 32.2. The topological polar surface area (TPSA) is 86.7 Å². The minimum absolute atomic E-state index is 0.0132. The number of benzene rings is 2. The lowest BCUT2D eigenvalue weighted by Gasteiger charge is -2.28. The molecule has 3 atom stereocenters. The van der Waals surface area contributed by atoms with Crippen LogP contribution in [0.25, 0.3) is 0 Å². The molecular weight excluding hydrogens is 412 g/mol. The quantitative estimate of drug-likeness (QED) is 0.543. The van der Waals surface area contributed by atoms with E-state index in [1.165, 1.54) is 31.2 Å². The molecule has 0 aliphatic rings. The van der Waals surface area contributed by atoms with Gasteiger partial charge in [-0.15, -0.1) is 0 Å². The molecule has 0 heterocycles. The molecule has 0 spiro atoms. The SMILES string of the molecule is CCC(C)C(OS(=O)(=O)c1ccc(C)cc1)C(C)OS(=O)(=O)c1ccc(C)cc1. The fraction of sp³-hybridized carbons (Fsp3) is 0.429. The van der Waals surface area contributed by atoms with Crippen LogP contribution >= 0.6 is 0 Å². The normalized spacial score (nSPS) is 15.6. The van der Waals surface area contributed by atoms with Gasteiger partial charge in [0.15, 0.2) is 0 Å². The Balaban J connectivity index is 2.27. The highest BCUT2D eigenvalue weighted by Gasteiger charge is 2.34. The van der Waals surface area contributed by atoms with Gasteiger partial charge in [0.1, 0.15) is 12.2 Å². The molecule has 6 nitrogen and oxygen atoms in total. The van der Waals surface area contributed by atoms with Crippen LogP contribution in [0.3, 0.4) is 0 Å². The lowest BCUT2D eigenvalue weighted by atomic mass is 9.98. The summed E-state index contributed by atoms with van der Waals surface area (Å²) in [5.41, 5.74) is 1.84. The molecular formula is C21H28O6S2. The highest BCUT2D eigenvalue weighted by Crippen LogP contribution is 2.26. The summed E-state index contributed by atoms with van der Waals surface area (Å²) in [6.45, 7) is 8.88. The fourth-order valence-electron chi connectivity index (χ4n) is 2.79. The summed E-state index contributed by atoms with van der Waals surface area (Å²) >= 11 is 0. The molecule has 0 aliphatic heterocycles. The maximum Gasteiger partial charge on any atom is 0.297 e. The Labute approximate surface area is 174 Å². The van der Waals surface area contributed by atoms with E-state index in [0.717, 1.165) is 11.1 Å². The number of hydrogen-bond donors (Lipinski definition) is 0. The van der Waals surface area contributed by atoms with Crippen LogP contribution in [0.4, 0.5) is 0 Å². The van der Waals surface area contributed by atoms with Gasteiger partial charge in [-0.2, -0.15) is 16.8 Å². The Morgan fingerprint density at radius 2 is 1.10 bits per heavy atom. The minimum Gasteiger partial charge on any atom is -0.261 e. The second-order valence-corrected chi connectivity index (χ2v) is 10.4.